The van der Waals surface area contributed by atoms with Crippen LogP contribution in [0.1, 0.15) is 53.6 Å². The minimum Gasteiger partial charge on any atom is -0.504 e. The summed E-state index contributed by atoms with van der Waals surface area (Å²) in [5, 5.41) is 24.1. The van der Waals surface area contributed by atoms with Crippen LogP contribution in [0.5, 0.6) is 11.5 Å². The van der Waals surface area contributed by atoms with Gasteiger partial charge in [-0.25, -0.2) is 0 Å². The summed E-state index contributed by atoms with van der Waals surface area (Å²) in [4.78, 5) is 17.8. The normalized spacial score (nSPS) is 34.2. The van der Waals surface area contributed by atoms with Gasteiger partial charge < -0.3 is 19.8 Å². The number of carbonyl (C=O) groups excluding carboxylic acids is 1. The Labute approximate surface area is 220 Å². The van der Waals surface area contributed by atoms with Gasteiger partial charge in [0.2, 0.25) is 0 Å². The molecule has 1 saturated heterocycles. The summed E-state index contributed by atoms with van der Waals surface area (Å²) in [5.74, 6) is 1.17. The molecule has 2 aromatic rings. The van der Waals surface area contributed by atoms with Gasteiger partial charge in [-0.2, -0.15) is 0 Å². The molecule has 5 aliphatic rings. The van der Waals surface area contributed by atoms with Gasteiger partial charge in [0.05, 0.1) is 27.1 Å². The van der Waals surface area contributed by atoms with Crippen LogP contribution in [0.25, 0.3) is 0 Å². The van der Waals surface area contributed by atoms with E-state index in [0.29, 0.717) is 34.2 Å². The topological polar surface area (TPSA) is 73.2 Å². The maximum atomic E-state index is 13.6. The Morgan fingerprint density at radius 3 is 2.72 bits per heavy atom. The lowest BCUT2D eigenvalue weighted by Gasteiger charge is -2.64. The summed E-state index contributed by atoms with van der Waals surface area (Å²) in [6.45, 7) is 1.92. The summed E-state index contributed by atoms with van der Waals surface area (Å²) in [6.07, 6.45) is 4.80. The maximum Gasteiger partial charge on any atom is 0.254 e. The Hall–Kier alpha value is -1.99. The second-order valence-corrected chi connectivity index (χ2v) is 12.3. The van der Waals surface area contributed by atoms with Gasteiger partial charge in [0.25, 0.3) is 5.91 Å². The van der Waals surface area contributed by atoms with E-state index < -0.39 is 17.1 Å². The number of amides is 1. The van der Waals surface area contributed by atoms with Gasteiger partial charge in [0.15, 0.2) is 11.5 Å². The quantitative estimate of drug-likeness (QED) is 0.615. The molecule has 0 radical (unpaired) electrons. The van der Waals surface area contributed by atoms with Crippen molar-refractivity contribution in [3.63, 3.8) is 0 Å². The zero-order valence-electron chi connectivity index (χ0n) is 20.2. The number of hydrogen-bond acceptors (Lipinski definition) is 5. The van der Waals surface area contributed by atoms with Gasteiger partial charge in [0, 0.05) is 30.8 Å². The minimum atomic E-state index is -0.971. The van der Waals surface area contributed by atoms with E-state index >= 15 is 0 Å². The van der Waals surface area contributed by atoms with Gasteiger partial charge >= 0.3 is 0 Å². The number of aromatic hydroxyl groups is 1. The molecular weight excluding hydrogens is 499 g/mol. The molecule has 2 N–H and O–H groups in total. The van der Waals surface area contributed by atoms with Crippen molar-refractivity contribution in [2.45, 2.75) is 67.7 Å². The average molecular weight is 529 g/mol. The molecule has 0 aromatic heterocycles. The molecule has 2 saturated carbocycles. The summed E-state index contributed by atoms with van der Waals surface area (Å²) >= 11 is 12.3. The molecule has 1 spiro atoms. The summed E-state index contributed by atoms with van der Waals surface area (Å²) in [7, 11) is 1.80. The number of aliphatic hydroxyl groups is 1. The van der Waals surface area contributed by atoms with Crippen LogP contribution < -0.4 is 4.74 Å². The summed E-state index contributed by atoms with van der Waals surface area (Å²) in [5.41, 5.74) is 0.956. The lowest BCUT2D eigenvalue weighted by atomic mass is 9.48. The lowest BCUT2D eigenvalue weighted by molar-refractivity contribution is -0.197. The number of phenols is 1. The zero-order chi connectivity index (χ0) is 25.0. The van der Waals surface area contributed by atoms with Crippen LogP contribution >= 0.6 is 23.2 Å². The molecule has 1 unspecified atom stereocenters. The van der Waals surface area contributed by atoms with Crippen LogP contribution in [0.3, 0.4) is 0 Å². The van der Waals surface area contributed by atoms with Crippen LogP contribution in [-0.4, -0.2) is 69.8 Å². The first-order valence-corrected chi connectivity index (χ1v) is 13.7. The molecule has 6 nitrogen and oxygen atoms in total. The first-order chi connectivity index (χ1) is 17.2. The highest BCUT2D eigenvalue weighted by Crippen LogP contribution is 2.66. The highest BCUT2D eigenvalue weighted by molar-refractivity contribution is 6.42. The number of ether oxygens (including phenoxy) is 1. The molecule has 2 aliphatic heterocycles. The molecule has 2 bridgehead atoms. The van der Waals surface area contributed by atoms with E-state index in [0.717, 1.165) is 43.0 Å². The average Bonchev–Trinajstić information content (AvgIpc) is 3.60. The van der Waals surface area contributed by atoms with Crippen LogP contribution in [0.15, 0.2) is 30.3 Å². The van der Waals surface area contributed by atoms with E-state index in [4.69, 9.17) is 27.9 Å². The molecule has 2 heterocycles. The first kappa shape index (κ1) is 23.2. The van der Waals surface area contributed by atoms with Crippen LogP contribution in [0, 0.1) is 5.92 Å². The molecule has 190 valence electrons. The van der Waals surface area contributed by atoms with Crippen molar-refractivity contribution in [3.8, 4) is 11.5 Å². The number of rotatable bonds is 4. The van der Waals surface area contributed by atoms with E-state index in [2.05, 4.69) is 4.90 Å². The molecule has 36 heavy (non-hydrogen) atoms. The number of carbonyl (C=O) groups is 1. The van der Waals surface area contributed by atoms with E-state index in [9.17, 15) is 15.0 Å². The van der Waals surface area contributed by atoms with Crippen molar-refractivity contribution in [1.29, 1.82) is 0 Å². The second-order valence-electron chi connectivity index (χ2n) is 11.4. The fraction of sp³-hybridized carbons (Fsp3) is 0.536. The highest BCUT2D eigenvalue weighted by atomic mass is 35.5. The van der Waals surface area contributed by atoms with Gasteiger partial charge in [0.1, 0.15) is 6.10 Å². The number of benzene rings is 2. The number of halogens is 2. The number of likely N-dealkylation sites (tertiary alicyclic amines) is 1. The molecule has 1 amide bonds. The third-order valence-electron chi connectivity index (χ3n) is 9.72. The fourth-order valence-corrected chi connectivity index (χ4v) is 8.13. The third kappa shape index (κ3) is 2.96. The van der Waals surface area contributed by atoms with Gasteiger partial charge in [-0.05, 0) is 80.8 Å². The molecular formula is C28H30Cl2N2O4. The number of hydrogen-bond donors (Lipinski definition) is 2. The summed E-state index contributed by atoms with van der Waals surface area (Å²) in [6, 6.07) is 8.39. The Bertz CT molecular complexity index is 1280. The number of piperidine rings is 1. The van der Waals surface area contributed by atoms with Gasteiger partial charge in [-0.3, -0.25) is 9.69 Å². The smallest absolute Gasteiger partial charge is 0.254 e. The van der Waals surface area contributed by atoms with Crippen molar-refractivity contribution >= 4 is 29.1 Å². The van der Waals surface area contributed by atoms with Gasteiger partial charge in [-0.15, -0.1) is 0 Å². The predicted octanol–water partition coefficient (Wildman–Crippen LogP) is 4.40. The Balaban J connectivity index is 1.31. The molecule has 3 fully saturated rings. The van der Waals surface area contributed by atoms with E-state index in [1.165, 1.54) is 12.8 Å². The molecule has 8 heteroatoms. The Kier molecular flexibility index (Phi) is 4.99. The third-order valence-corrected chi connectivity index (χ3v) is 10.5. The number of nitrogens with zero attached hydrogens (tertiary/aromatic N) is 2. The molecule has 5 atom stereocenters. The second kappa shape index (κ2) is 7.76. The standard InChI is InChI=1S/C28H30Cl2N2O4/c1-31(26(34)17-4-6-18(29)19(30)12-17)20-8-9-28(35)22-13-16-5-7-21(33)24-23(16)27(28,25(20)36-24)10-11-32(22)14-15-2-3-15/h4-7,12,15,20,22,25,33,35H,2-3,8-11,13-14H2,1H3/t20-,22+,25-,27?,28+/m0/s1. The molecule has 7 rings (SSSR count). The first-order valence-electron chi connectivity index (χ1n) is 13.0. The lowest BCUT2D eigenvalue weighted by Crippen LogP contribution is -2.78. The van der Waals surface area contributed by atoms with Crippen molar-refractivity contribution in [2.75, 3.05) is 20.1 Å². The van der Waals surface area contributed by atoms with Crippen molar-refractivity contribution < 1.29 is 19.7 Å². The summed E-state index contributed by atoms with van der Waals surface area (Å²) < 4.78 is 6.60. The predicted molar refractivity (Wildman–Crippen MR) is 137 cm³/mol. The monoisotopic (exact) mass is 528 g/mol. The number of likely N-dealkylation sites (N-methyl/N-ethyl adjacent to an activating group) is 1. The maximum absolute atomic E-state index is 13.6. The SMILES string of the molecule is CN(C(=O)c1ccc(Cl)c(Cl)c1)[C@H]1CC[C@@]2(O)[C@H]3Cc4ccc(O)c5c4C2(CCN3CC2CC2)[C@H]1O5. The Morgan fingerprint density at radius 2 is 1.97 bits per heavy atom. The van der Waals surface area contributed by atoms with Crippen molar-refractivity contribution in [2.24, 2.45) is 5.92 Å². The van der Waals surface area contributed by atoms with Crippen LogP contribution in [-0.2, 0) is 11.8 Å². The van der Waals surface area contributed by atoms with E-state index in [1.807, 2.05) is 6.07 Å². The zero-order valence-corrected chi connectivity index (χ0v) is 21.7. The number of phenolic OH excluding ortho intramolecular Hbond substituents is 1. The highest BCUT2D eigenvalue weighted by Gasteiger charge is 2.73. The van der Waals surface area contributed by atoms with Crippen LogP contribution in [0.4, 0.5) is 0 Å². The van der Waals surface area contributed by atoms with Crippen LogP contribution in [0.2, 0.25) is 10.0 Å². The molecule has 3 aliphatic carbocycles. The molecule has 2 aromatic carbocycles. The van der Waals surface area contributed by atoms with E-state index in [-0.39, 0.29) is 23.7 Å². The van der Waals surface area contributed by atoms with E-state index in [1.54, 1.807) is 36.2 Å². The largest absolute Gasteiger partial charge is 0.504 e. The Morgan fingerprint density at radius 1 is 1.17 bits per heavy atom. The van der Waals surface area contributed by atoms with Crippen molar-refractivity contribution in [3.05, 3.63) is 57.1 Å². The van der Waals surface area contributed by atoms with Gasteiger partial charge in [-0.1, -0.05) is 29.3 Å². The minimum absolute atomic E-state index is 0.0120. The fourth-order valence-electron chi connectivity index (χ4n) is 7.84. The van der Waals surface area contributed by atoms with Crippen molar-refractivity contribution in [1.82, 2.24) is 9.80 Å².